The number of hydrogen-bond donors (Lipinski definition) is 1. The van der Waals surface area contributed by atoms with Gasteiger partial charge in [0.15, 0.2) is 5.82 Å². The van der Waals surface area contributed by atoms with Crippen LogP contribution in [0, 0.1) is 0 Å². The van der Waals surface area contributed by atoms with Gasteiger partial charge in [-0.05, 0) is 12.8 Å². The second-order valence-electron chi connectivity index (χ2n) is 3.50. The maximum absolute atomic E-state index is 12.0. The van der Waals surface area contributed by atoms with Gasteiger partial charge in [-0.1, -0.05) is 5.16 Å². The number of carboxylic acid groups (broad SMARTS) is 1. The molecule has 96 valence electrons. The van der Waals surface area contributed by atoms with E-state index >= 15 is 0 Å². The van der Waals surface area contributed by atoms with Crippen molar-refractivity contribution in [1.82, 2.24) is 10.1 Å². The zero-order valence-electron chi connectivity index (χ0n) is 8.83. The summed E-state index contributed by atoms with van der Waals surface area (Å²) in [5.41, 5.74) is 0. The molecule has 1 aromatic heterocycles. The minimum Gasteiger partial charge on any atom is -0.481 e. The van der Waals surface area contributed by atoms with Crippen LogP contribution in [0.25, 0.3) is 0 Å². The van der Waals surface area contributed by atoms with Gasteiger partial charge in [-0.15, -0.1) is 0 Å². The first-order valence-electron chi connectivity index (χ1n) is 4.97. The number of alkyl halides is 3. The van der Waals surface area contributed by atoms with Crippen molar-refractivity contribution in [1.29, 1.82) is 0 Å². The molecule has 1 N–H and O–H groups in total. The van der Waals surface area contributed by atoms with Gasteiger partial charge >= 0.3 is 12.1 Å². The molecule has 0 radical (unpaired) electrons. The summed E-state index contributed by atoms with van der Waals surface area (Å²) < 4.78 is 40.5. The Hall–Kier alpha value is -1.60. The van der Waals surface area contributed by atoms with Crippen LogP contribution in [-0.4, -0.2) is 27.4 Å². The molecule has 0 saturated carbocycles. The Bertz CT molecular complexity index is 376. The fraction of sp³-hybridized carbons (Fsp3) is 0.667. The molecule has 0 atom stereocenters. The van der Waals surface area contributed by atoms with E-state index in [1.165, 1.54) is 0 Å². The SMILES string of the molecule is O=C(O)CCCCc1nc(CC(F)(F)F)no1. The highest BCUT2D eigenvalue weighted by atomic mass is 19.4. The van der Waals surface area contributed by atoms with Gasteiger partial charge in [0, 0.05) is 12.8 Å². The summed E-state index contributed by atoms with van der Waals surface area (Å²) in [7, 11) is 0. The topological polar surface area (TPSA) is 76.2 Å². The molecular formula is C9H11F3N2O3. The van der Waals surface area contributed by atoms with E-state index in [9.17, 15) is 18.0 Å². The van der Waals surface area contributed by atoms with Crippen molar-refractivity contribution in [2.45, 2.75) is 38.3 Å². The summed E-state index contributed by atoms with van der Waals surface area (Å²) in [5.74, 6) is -1.20. The molecule has 17 heavy (non-hydrogen) atoms. The molecule has 0 bridgehead atoms. The smallest absolute Gasteiger partial charge is 0.396 e. The van der Waals surface area contributed by atoms with Crippen molar-refractivity contribution in [3.63, 3.8) is 0 Å². The highest BCUT2D eigenvalue weighted by Gasteiger charge is 2.30. The summed E-state index contributed by atoms with van der Waals surface area (Å²) >= 11 is 0. The second kappa shape index (κ2) is 5.65. The number of rotatable bonds is 6. The lowest BCUT2D eigenvalue weighted by molar-refractivity contribution is -0.137. The standard InChI is InChI=1S/C9H11F3N2O3/c10-9(11,12)5-6-13-7(17-14-6)3-1-2-4-8(15)16/h1-5H2,(H,15,16). The third-order valence-corrected chi connectivity index (χ3v) is 1.90. The van der Waals surface area contributed by atoms with Crippen LogP contribution in [0.1, 0.15) is 31.0 Å². The number of nitrogens with zero attached hydrogens (tertiary/aromatic N) is 2. The van der Waals surface area contributed by atoms with E-state index < -0.39 is 24.4 Å². The van der Waals surface area contributed by atoms with Crippen LogP contribution >= 0.6 is 0 Å². The number of halogens is 3. The van der Waals surface area contributed by atoms with Crippen LogP contribution in [0.2, 0.25) is 0 Å². The van der Waals surface area contributed by atoms with Gasteiger partial charge in [0.05, 0.1) is 0 Å². The lowest BCUT2D eigenvalue weighted by atomic mass is 10.2. The van der Waals surface area contributed by atoms with E-state index in [0.29, 0.717) is 12.8 Å². The maximum atomic E-state index is 12.0. The van der Waals surface area contributed by atoms with Crippen molar-refractivity contribution in [2.24, 2.45) is 0 Å². The average Bonchev–Trinajstić information content (AvgIpc) is 2.57. The number of unbranched alkanes of at least 4 members (excludes halogenated alkanes) is 1. The van der Waals surface area contributed by atoms with Crippen molar-refractivity contribution in [3.05, 3.63) is 11.7 Å². The molecule has 5 nitrogen and oxygen atoms in total. The average molecular weight is 252 g/mol. The molecule has 0 spiro atoms. The third-order valence-electron chi connectivity index (χ3n) is 1.90. The van der Waals surface area contributed by atoms with E-state index in [4.69, 9.17) is 5.11 Å². The summed E-state index contributed by atoms with van der Waals surface area (Å²) in [4.78, 5) is 13.8. The predicted octanol–water partition coefficient (Wildman–Crippen LogP) is 1.97. The summed E-state index contributed by atoms with van der Waals surface area (Å²) in [6.45, 7) is 0. The normalized spacial score (nSPS) is 11.7. The lowest BCUT2D eigenvalue weighted by Gasteiger charge is -1.99. The molecule has 0 aliphatic rings. The molecule has 0 amide bonds. The zero-order valence-corrected chi connectivity index (χ0v) is 8.83. The molecule has 0 aliphatic heterocycles. The zero-order chi connectivity index (χ0) is 12.9. The van der Waals surface area contributed by atoms with Crippen LogP contribution in [0.4, 0.5) is 13.2 Å². The van der Waals surface area contributed by atoms with Crippen molar-refractivity contribution in [2.75, 3.05) is 0 Å². The van der Waals surface area contributed by atoms with E-state index in [2.05, 4.69) is 14.7 Å². The third kappa shape index (κ3) is 5.88. The van der Waals surface area contributed by atoms with Gasteiger partial charge in [-0.25, -0.2) is 0 Å². The van der Waals surface area contributed by atoms with Gasteiger partial charge in [0.2, 0.25) is 5.89 Å². The molecule has 0 fully saturated rings. The Morgan fingerprint density at radius 2 is 2.06 bits per heavy atom. The number of carboxylic acids is 1. The molecule has 1 heterocycles. The monoisotopic (exact) mass is 252 g/mol. The highest BCUT2D eigenvalue weighted by Crippen LogP contribution is 2.19. The fourth-order valence-corrected chi connectivity index (χ4v) is 1.20. The Morgan fingerprint density at radius 1 is 1.35 bits per heavy atom. The Morgan fingerprint density at radius 3 is 2.65 bits per heavy atom. The van der Waals surface area contributed by atoms with E-state index in [0.717, 1.165) is 0 Å². The first-order chi connectivity index (χ1) is 7.87. The first kappa shape index (κ1) is 13.5. The van der Waals surface area contributed by atoms with Crippen LogP contribution < -0.4 is 0 Å². The Labute approximate surface area is 94.6 Å². The summed E-state index contributed by atoms with van der Waals surface area (Å²) in [5, 5.41) is 11.6. The molecule has 1 rings (SSSR count). The minimum absolute atomic E-state index is 0.0174. The molecule has 0 saturated heterocycles. The van der Waals surface area contributed by atoms with E-state index in [1.54, 1.807) is 0 Å². The number of aromatic nitrogens is 2. The van der Waals surface area contributed by atoms with Crippen LogP contribution in [0.3, 0.4) is 0 Å². The molecular weight excluding hydrogens is 241 g/mol. The predicted molar refractivity (Wildman–Crippen MR) is 49.2 cm³/mol. The van der Waals surface area contributed by atoms with Gasteiger partial charge in [0.25, 0.3) is 0 Å². The minimum atomic E-state index is -4.36. The van der Waals surface area contributed by atoms with Gasteiger partial charge < -0.3 is 9.63 Å². The molecule has 0 unspecified atom stereocenters. The number of aliphatic carboxylic acids is 1. The van der Waals surface area contributed by atoms with Gasteiger partial charge in [0.1, 0.15) is 6.42 Å². The van der Waals surface area contributed by atoms with Gasteiger partial charge in [-0.3, -0.25) is 4.79 Å². The second-order valence-corrected chi connectivity index (χ2v) is 3.50. The number of aryl methyl sites for hydroxylation is 1. The molecule has 0 aromatic carbocycles. The van der Waals surface area contributed by atoms with E-state index in [1.807, 2.05) is 0 Å². The van der Waals surface area contributed by atoms with Crippen LogP contribution in [0.5, 0.6) is 0 Å². The van der Waals surface area contributed by atoms with E-state index in [-0.39, 0.29) is 18.7 Å². The van der Waals surface area contributed by atoms with Crippen LogP contribution in [-0.2, 0) is 17.6 Å². The van der Waals surface area contributed by atoms with Gasteiger partial charge in [-0.2, -0.15) is 18.2 Å². The summed E-state index contributed by atoms with van der Waals surface area (Å²) in [6.07, 6.45) is -4.36. The quantitative estimate of drug-likeness (QED) is 0.783. The number of hydrogen-bond acceptors (Lipinski definition) is 4. The fourth-order valence-electron chi connectivity index (χ4n) is 1.20. The van der Waals surface area contributed by atoms with Crippen LogP contribution in [0.15, 0.2) is 4.52 Å². The first-order valence-corrected chi connectivity index (χ1v) is 4.97. The lowest BCUT2D eigenvalue weighted by Crippen LogP contribution is -2.12. The highest BCUT2D eigenvalue weighted by molar-refractivity contribution is 5.66. The number of carbonyl (C=O) groups is 1. The molecule has 0 aliphatic carbocycles. The Kier molecular flexibility index (Phi) is 4.47. The maximum Gasteiger partial charge on any atom is 0.396 e. The largest absolute Gasteiger partial charge is 0.481 e. The summed E-state index contributed by atoms with van der Waals surface area (Å²) in [6, 6.07) is 0. The molecule has 8 heteroatoms. The molecule has 1 aromatic rings. The van der Waals surface area contributed by atoms with Crippen molar-refractivity contribution >= 4 is 5.97 Å². The van der Waals surface area contributed by atoms with Crippen molar-refractivity contribution in [3.8, 4) is 0 Å². The Balaban J connectivity index is 2.33. The van der Waals surface area contributed by atoms with Crippen molar-refractivity contribution < 1.29 is 27.6 Å².